The standard InChI is InChI=1S/C18H17F3N6O3/c1-3-5-9-26-12-13(25-10-6-22-7-11-25)23-16(30-15(28)18(19,20)21)24-14(12)27(8-4-2)17(26)29/h2,22H,6-11H2,1H3. The number of esters is 1. The van der Waals surface area contributed by atoms with E-state index in [2.05, 4.69) is 37.8 Å². The van der Waals surface area contributed by atoms with Gasteiger partial charge in [0.1, 0.15) is 5.52 Å². The Morgan fingerprint density at radius 2 is 1.93 bits per heavy atom. The fourth-order valence-electron chi connectivity index (χ4n) is 3.00. The molecule has 0 saturated carbocycles. The average molecular weight is 422 g/mol. The minimum absolute atomic E-state index is 0.00748. The smallest absolute Gasteiger partial charge is 0.384 e. The van der Waals surface area contributed by atoms with Crippen molar-refractivity contribution >= 4 is 23.0 Å². The highest BCUT2D eigenvalue weighted by Crippen LogP contribution is 2.27. The summed E-state index contributed by atoms with van der Waals surface area (Å²) in [6.07, 6.45) is 0.116. The molecule has 0 aromatic carbocycles. The second kappa shape index (κ2) is 8.47. The van der Waals surface area contributed by atoms with Gasteiger partial charge in [0.05, 0.1) is 13.1 Å². The Morgan fingerprint density at radius 1 is 1.23 bits per heavy atom. The topological polar surface area (TPSA) is 94.3 Å². The fraction of sp³-hybridized carbons (Fsp3) is 0.444. The van der Waals surface area contributed by atoms with Gasteiger partial charge in [0.15, 0.2) is 11.5 Å². The van der Waals surface area contributed by atoms with Gasteiger partial charge in [0.2, 0.25) is 0 Å². The maximum atomic E-state index is 12.9. The molecule has 1 saturated heterocycles. The van der Waals surface area contributed by atoms with Crippen molar-refractivity contribution in [2.75, 3.05) is 31.1 Å². The number of imidazole rings is 1. The summed E-state index contributed by atoms with van der Waals surface area (Å²) in [4.78, 5) is 33.9. The van der Waals surface area contributed by atoms with E-state index in [1.165, 1.54) is 4.57 Å². The van der Waals surface area contributed by atoms with Crippen LogP contribution in [0.4, 0.5) is 19.0 Å². The van der Waals surface area contributed by atoms with Gasteiger partial charge >= 0.3 is 23.8 Å². The van der Waals surface area contributed by atoms with E-state index >= 15 is 0 Å². The summed E-state index contributed by atoms with van der Waals surface area (Å²) in [6, 6.07) is -0.817. The SMILES string of the molecule is C#CCn1c(=O)n(CC#CC)c2c(N3CCNCC3)nc(OC(=O)C(F)(F)F)nc21. The number of halogens is 3. The number of carbonyl (C=O) groups is 1. The van der Waals surface area contributed by atoms with E-state index in [4.69, 9.17) is 6.42 Å². The highest BCUT2D eigenvalue weighted by atomic mass is 19.4. The Kier molecular flexibility index (Phi) is 5.99. The van der Waals surface area contributed by atoms with Crippen molar-refractivity contribution in [3.63, 3.8) is 0 Å². The maximum absolute atomic E-state index is 12.9. The quantitative estimate of drug-likeness (QED) is 0.553. The lowest BCUT2D eigenvalue weighted by Gasteiger charge is -2.29. The predicted molar refractivity (Wildman–Crippen MR) is 101 cm³/mol. The first-order valence-corrected chi connectivity index (χ1v) is 8.86. The van der Waals surface area contributed by atoms with Gasteiger partial charge in [-0.3, -0.25) is 9.13 Å². The minimum atomic E-state index is -5.23. The molecule has 0 spiro atoms. The average Bonchev–Trinajstić information content (AvgIpc) is 2.97. The summed E-state index contributed by atoms with van der Waals surface area (Å²) < 4.78 is 44.7. The van der Waals surface area contributed by atoms with Crippen molar-refractivity contribution in [1.29, 1.82) is 0 Å². The summed E-state index contributed by atoms with van der Waals surface area (Å²) in [7, 11) is 0. The summed E-state index contributed by atoms with van der Waals surface area (Å²) in [6.45, 7) is 3.54. The molecule has 0 unspecified atom stereocenters. The van der Waals surface area contributed by atoms with E-state index in [1.807, 2.05) is 0 Å². The first kappa shape index (κ1) is 21.2. The van der Waals surface area contributed by atoms with Crippen LogP contribution in [0.25, 0.3) is 11.2 Å². The lowest BCUT2D eigenvalue weighted by molar-refractivity contribution is -0.190. The zero-order valence-electron chi connectivity index (χ0n) is 15.9. The van der Waals surface area contributed by atoms with E-state index in [0.717, 1.165) is 4.57 Å². The number of nitrogens with zero attached hydrogens (tertiary/aromatic N) is 5. The van der Waals surface area contributed by atoms with Crippen molar-refractivity contribution in [2.24, 2.45) is 0 Å². The zero-order chi connectivity index (χ0) is 21.9. The molecule has 2 aromatic rings. The Hall–Kier alpha value is -3.51. The molecule has 3 heterocycles. The van der Waals surface area contributed by atoms with Crippen molar-refractivity contribution < 1.29 is 22.7 Å². The fourth-order valence-corrected chi connectivity index (χ4v) is 3.00. The van der Waals surface area contributed by atoms with E-state index in [-0.39, 0.29) is 30.1 Å². The number of aromatic nitrogens is 4. The highest BCUT2D eigenvalue weighted by molar-refractivity contribution is 5.86. The van der Waals surface area contributed by atoms with Gasteiger partial charge in [0.25, 0.3) is 0 Å². The zero-order valence-corrected chi connectivity index (χ0v) is 15.9. The van der Waals surface area contributed by atoms with Crippen LogP contribution in [0.5, 0.6) is 6.01 Å². The molecule has 3 rings (SSSR count). The molecule has 1 N–H and O–H groups in total. The summed E-state index contributed by atoms with van der Waals surface area (Å²) in [5, 5.41) is 3.14. The molecule has 1 aliphatic rings. The molecule has 0 bridgehead atoms. The number of rotatable bonds is 4. The summed E-state index contributed by atoms with van der Waals surface area (Å²) >= 11 is 0. The van der Waals surface area contributed by atoms with E-state index in [0.29, 0.717) is 26.2 Å². The molecular formula is C18H17F3N6O3. The van der Waals surface area contributed by atoms with Crippen molar-refractivity contribution in [2.45, 2.75) is 26.2 Å². The van der Waals surface area contributed by atoms with Crippen molar-refractivity contribution in [3.8, 4) is 30.2 Å². The molecule has 0 atom stereocenters. The van der Waals surface area contributed by atoms with Crippen LogP contribution < -0.4 is 20.6 Å². The number of terminal acetylenes is 1. The van der Waals surface area contributed by atoms with Gasteiger partial charge < -0.3 is 15.0 Å². The Bertz CT molecular complexity index is 1130. The number of alkyl halides is 3. The highest BCUT2D eigenvalue weighted by Gasteiger charge is 2.42. The number of ether oxygens (including phenoxy) is 1. The van der Waals surface area contributed by atoms with Gasteiger partial charge in [-0.25, -0.2) is 9.59 Å². The van der Waals surface area contributed by atoms with Crippen LogP contribution in [-0.2, 0) is 17.9 Å². The van der Waals surface area contributed by atoms with E-state index < -0.39 is 23.8 Å². The Balaban J connectivity index is 2.27. The number of piperazine rings is 1. The minimum Gasteiger partial charge on any atom is -0.384 e. The van der Waals surface area contributed by atoms with Crippen LogP contribution in [0.3, 0.4) is 0 Å². The lowest BCUT2D eigenvalue weighted by Crippen LogP contribution is -2.44. The molecule has 0 aliphatic carbocycles. The Morgan fingerprint density at radius 3 is 2.53 bits per heavy atom. The third kappa shape index (κ3) is 4.09. The van der Waals surface area contributed by atoms with Gasteiger partial charge in [-0.15, -0.1) is 12.3 Å². The first-order valence-electron chi connectivity index (χ1n) is 8.86. The molecule has 1 aliphatic heterocycles. The molecular weight excluding hydrogens is 405 g/mol. The lowest BCUT2D eigenvalue weighted by atomic mass is 10.3. The van der Waals surface area contributed by atoms with Gasteiger partial charge in [-0.2, -0.15) is 23.1 Å². The van der Waals surface area contributed by atoms with Crippen LogP contribution in [-0.4, -0.2) is 57.4 Å². The maximum Gasteiger partial charge on any atom is 0.491 e. The molecule has 0 amide bonds. The van der Waals surface area contributed by atoms with Gasteiger partial charge in [0, 0.05) is 26.2 Å². The first-order chi connectivity index (χ1) is 14.3. The largest absolute Gasteiger partial charge is 0.491 e. The number of fused-ring (bicyclic) bond motifs is 1. The predicted octanol–water partition coefficient (Wildman–Crippen LogP) is 0.127. The normalized spacial score (nSPS) is 14.2. The molecule has 0 radical (unpaired) electrons. The summed E-state index contributed by atoms with van der Waals surface area (Å²) in [5.74, 6) is 5.47. The van der Waals surface area contributed by atoms with Crippen molar-refractivity contribution in [1.82, 2.24) is 24.4 Å². The molecule has 30 heavy (non-hydrogen) atoms. The summed E-state index contributed by atoms with van der Waals surface area (Å²) in [5.41, 5.74) is -0.327. The third-order valence-corrected chi connectivity index (χ3v) is 4.31. The molecule has 1 fully saturated rings. The number of anilines is 1. The van der Waals surface area contributed by atoms with Crippen LogP contribution in [0.15, 0.2) is 4.79 Å². The molecule has 9 nitrogen and oxygen atoms in total. The van der Waals surface area contributed by atoms with Crippen LogP contribution in [0, 0.1) is 24.2 Å². The van der Waals surface area contributed by atoms with Crippen LogP contribution >= 0.6 is 0 Å². The van der Waals surface area contributed by atoms with Crippen molar-refractivity contribution in [3.05, 3.63) is 10.5 Å². The second-order valence-corrected chi connectivity index (χ2v) is 6.21. The molecule has 2 aromatic heterocycles. The van der Waals surface area contributed by atoms with E-state index in [1.54, 1.807) is 11.8 Å². The molecule has 158 valence electrons. The third-order valence-electron chi connectivity index (χ3n) is 4.31. The number of hydrogen-bond donors (Lipinski definition) is 1. The number of nitrogens with one attached hydrogen (secondary N) is 1. The van der Waals surface area contributed by atoms with E-state index in [9.17, 15) is 22.8 Å². The number of hydrogen-bond acceptors (Lipinski definition) is 7. The molecule has 12 heteroatoms. The Labute approximate surface area is 168 Å². The van der Waals surface area contributed by atoms with Gasteiger partial charge in [-0.1, -0.05) is 11.8 Å². The van der Waals surface area contributed by atoms with Crippen LogP contribution in [0.1, 0.15) is 6.92 Å². The monoisotopic (exact) mass is 422 g/mol. The van der Waals surface area contributed by atoms with Gasteiger partial charge in [-0.05, 0) is 6.92 Å². The van der Waals surface area contributed by atoms with Crippen LogP contribution in [0.2, 0.25) is 0 Å². The second-order valence-electron chi connectivity index (χ2n) is 6.21. The number of carbonyl (C=O) groups excluding carboxylic acids is 1.